The average molecular weight is 379 g/mol. The quantitative estimate of drug-likeness (QED) is 0.536. The van der Waals surface area contributed by atoms with Crippen LogP contribution in [0.1, 0.15) is 37.8 Å². The van der Waals surface area contributed by atoms with E-state index in [-0.39, 0.29) is 0 Å². The zero-order valence-corrected chi connectivity index (χ0v) is 17.0. The second kappa shape index (κ2) is 10.5. The van der Waals surface area contributed by atoms with Crippen LogP contribution in [-0.2, 0) is 12.8 Å². The molecule has 0 N–H and O–H groups in total. The summed E-state index contributed by atoms with van der Waals surface area (Å²) in [6.07, 6.45) is 4.53. The molecule has 3 rings (SSSR count). The van der Waals surface area contributed by atoms with Gasteiger partial charge in [-0.3, -0.25) is 10.0 Å². The van der Waals surface area contributed by atoms with Gasteiger partial charge in [-0.1, -0.05) is 61.4 Å². The molecule has 0 aromatic heterocycles. The Bertz CT molecular complexity index is 691. The summed E-state index contributed by atoms with van der Waals surface area (Å²) in [6.45, 7) is 7.57. The third kappa shape index (κ3) is 6.15. The van der Waals surface area contributed by atoms with E-state index < -0.39 is 0 Å². The van der Waals surface area contributed by atoms with Gasteiger partial charge in [-0.15, -0.1) is 10.2 Å². The highest BCUT2D eigenvalue weighted by Crippen LogP contribution is 2.17. The predicted molar refractivity (Wildman–Crippen MR) is 113 cm³/mol. The van der Waals surface area contributed by atoms with E-state index in [2.05, 4.69) is 58.8 Å². The van der Waals surface area contributed by atoms with E-state index in [4.69, 9.17) is 0 Å². The summed E-state index contributed by atoms with van der Waals surface area (Å²) in [6, 6.07) is 16.6. The van der Waals surface area contributed by atoms with Crippen molar-refractivity contribution in [2.45, 2.75) is 39.5 Å². The van der Waals surface area contributed by atoms with Gasteiger partial charge >= 0.3 is 0 Å². The van der Waals surface area contributed by atoms with Crippen LogP contribution < -0.4 is 0 Å². The fourth-order valence-corrected chi connectivity index (χ4v) is 3.13. The molecule has 0 unspecified atom stereocenters. The molecule has 28 heavy (non-hydrogen) atoms. The van der Waals surface area contributed by atoms with Crippen molar-refractivity contribution < 1.29 is 0 Å². The maximum absolute atomic E-state index is 4.37. The largest absolute Gasteiger partial charge is 0.275 e. The van der Waals surface area contributed by atoms with E-state index >= 15 is 0 Å². The molecule has 1 aliphatic rings. The van der Waals surface area contributed by atoms with E-state index in [1.54, 1.807) is 0 Å². The molecule has 1 aliphatic heterocycles. The third-order valence-corrected chi connectivity index (χ3v) is 4.76. The summed E-state index contributed by atoms with van der Waals surface area (Å²) in [4.78, 5) is 0. The van der Waals surface area contributed by atoms with E-state index in [9.17, 15) is 0 Å². The molecule has 6 heteroatoms. The molecular formula is C22H30N6. The Morgan fingerprint density at radius 3 is 1.29 bits per heavy atom. The Morgan fingerprint density at radius 2 is 0.964 bits per heavy atom. The first-order chi connectivity index (χ1) is 13.8. The van der Waals surface area contributed by atoms with Crippen molar-refractivity contribution in [3.8, 4) is 0 Å². The first-order valence-electron chi connectivity index (χ1n) is 10.3. The number of hydrogen-bond donors (Lipinski definition) is 0. The molecule has 0 atom stereocenters. The molecule has 148 valence electrons. The van der Waals surface area contributed by atoms with Crippen molar-refractivity contribution in [1.82, 2.24) is 10.0 Å². The standard InChI is InChI=1S/C22H30N6/c1-3-5-19-7-11-21(12-8-19)23-25-27-15-17-28(18-16-27)26-24-22-13-9-20(6-4-2)10-14-22/h7-14H,3-6,15-18H2,1-2H3. The lowest BCUT2D eigenvalue weighted by atomic mass is 10.1. The van der Waals surface area contributed by atoms with Gasteiger partial charge in [0.15, 0.2) is 0 Å². The molecule has 6 nitrogen and oxygen atoms in total. The van der Waals surface area contributed by atoms with Crippen molar-refractivity contribution in [3.05, 3.63) is 59.7 Å². The van der Waals surface area contributed by atoms with E-state index in [1.165, 1.54) is 11.1 Å². The predicted octanol–water partition coefficient (Wildman–Crippen LogP) is 5.91. The molecule has 0 saturated carbocycles. The minimum atomic E-state index is 0.797. The minimum absolute atomic E-state index is 0.797. The lowest BCUT2D eigenvalue weighted by molar-refractivity contribution is 0.126. The van der Waals surface area contributed by atoms with Crippen LogP contribution in [0, 0.1) is 0 Å². The van der Waals surface area contributed by atoms with E-state index in [0.717, 1.165) is 63.2 Å². The average Bonchev–Trinajstić information content (AvgIpc) is 2.74. The van der Waals surface area contributed by atoms with Crippen LogP contribution in [0.3, 0.4) is 0 Å². The smallest absolute Gasteiger partial charge is 0.0874 e. The summed E-state index contributed by atoms with van der Waals surface area (Å²) < 4.78 is 0. The summed E-state index contributed by atoms with van der Waals surface area (Å²) in [5.74, 6) is 0. The van der Waals surface area contributed by atoms with E-state index in [1.807, 2.05) is 34.3 Å². The van der Waals surface area contributed by atoms with Crippen molar-refractivity contribution in [2.24, 2.45) is 20.7 Å². The summed E-state index contributed by atoms with van der Waals surface area (Å²) in [7, 11) is 0. The van der Waals surface area contributed by atoms with Crippen molar-refractivity contribution in [3.63, 3.8) is 0 Å². The number of nitrogens with zero attached hydrogens (tertiary/aromatic N) is 6. The summed E-state index contributed by atoms with van der Waals surface area (Å²) >= 11 is 0. The molecule has 1 fully saturated rings. The van der Waals surface area contributed by atoms with Gasteiger partial charge in [0.05, 0.1) is 37.6 Å². The van der Waals surface area contributed by atoms with Crippen LogP contribution >= 0.6 is 0 Å². The minimum Gasteiger partial charge on any atom is -0.275 e. The Kier molecular flexibility index (Phi) is 7.53. The van der Waals surface area contributed by atoms with Gasteiger partial charge in [-0.05, 0) is 48.2 Å². The number of benzene rings is 2. The van der Waals surface area contributed by atoms with Gasteiger partial charge in [0.2, 0.25) is 0 Å². The fraction of sp³-hybridized carbons (Fsp3) is 0.455. The highest BCUT2D eigenvalue weighted by Gasteiger charge is 2.14. The van der Waals surface area contributed by atoms with Gasteiger partial charge < -0.3 is 0 Å². The molecule has 0 bridgehead atoms. The van der Waals surface area contributed by atoms with Gasteiger partial charge in [0.25, 0.3) is 0 Å². The Labute approximate surface area is 167 Å². The third-order valence-electron chi connectivity index (χ3n) is 4.76. The molecule has 0 aliphatic carbocycles. The first-order valence-corrected chi connectivity index (χ1v) is 10.3. The van der Waals surface area contributed by atoms with Crippen molar-refractivity contribution >= 4 is 11.4 Å². The van der Waals surface area contributed by atoms with Crippen LogP contribution in [0.5, 0.6) is 0 Å². The zero-order valence-electron chi connectivity index (χ0n) is 17.0. The topological polar surface area (TPSA) is 55.9 Å². The van der Waals surface area contributed by atoms with Gasteiger partial charge in [0.1, 0.15) is 0 Å². The lowest BCUT2D eigenvalue weighted by Crippen LogP contribution is -2.40. The summed E-state index contributed by atoms with van der Waals surface area (Å²) in [5.41, 5.74) is 4.49. The maximum Gasteiger partial charge on any atom is 0.0874 e. The number of rotatable bonds is 8. The van der Waals surface area contributed by atoms with Crippen LogP contribution in [0.25, 0.3) is 0 Å². The van der Waals surface area contributed by atoms with Crippen LogP contribution in [0.15, 0.2) is 69.2 Å². The zero-order chi connectivity index (χ0) is 19.6. The van der Waals surface area contributed by atoms with Gasteiger partial charge in [-0.25, -0.2) is 0 Å². The number of hydrogen-bond acceptors (Lipinski definition) is 4. The molecule has 2 aromatic carbocycles. The Hall–Kier alpha value is -2.76. The van der Waals surface area contributed by atoms with Crippen molar-refractivity contribution in [2.75, 3.05) is 26.2 Å². The van der Waals surface area contributed by atoms with Crippen LogP contribution in [-0.4, -0.2) is 36.2 Å². The molecule has 0 spiro atoms. The molecule has 0 amide bonds. The second-order valence-corrected chi connectivity index (χ2v) is 7.12. The molecular weight excluding hydrogens is 348 g/mol. The molecule has 1 heterocycles. The Balaban J connectivity index is 1.44. The molecule has 0 radical (unpaired) electrons. The van der Waals surface area contributed by atoms with Gasteiger partial charge in [-0.2, -0.15) is 0 Å². The second-order valence-electron chi connectivity index (χ2n) is 7.12. The maximum atomic E-state index is 4.37. The normalized spacial score (nSPS) is 15.1. The lowest BCUT2D eigenvalue weighted by Gasteiger charge is -2.29. The van der Waals surface area contributed by atoms with Crippen LogP contribution in [0.4, 0.5) is 11.4 Å². The summed E-state index contributed by atoms with van der Waals surface area (Å²) in [5, 5.41) is 21.4. The van der Waals surface area contributed by atoms with Crippen LogP contribution in [0.2, 0.25) is 0 Å². The SMILES string of the molecule is CCCc1ccc(N=NN2CCN(N=Nc3ccc(CCC)cc3)CC2)cc1. The Morgan fingerprint density at radius 1 is 0.607 bits per heavy atom. The van der Waals surface area contributed by atoms with Gasteiger partial charge in [0, 0.05) is 0 Å². The number of piperazine rings is 1. The fourth-order valence-electron chi connectivity index (χ4n) is 3.13. The highest BCUT2D eigenvalue weighted by atomic mass is 15.6. The number of aryl methyl sites for hydroxylation is 2. The first kappa shape index (κ1) is 20.0. The molecule has 2 aromatic rings. The molecule has 1 saturated heterocycles. The highest BCUT2D eigenvalue weighted by molar-refractivity contribution is 5.38. The van der Waals surface area contributed by atoms with E-state index in [0.29, 0.717) is 0 Å². The van der Waals surface area contributed by atoms with Crippen molar-refractivity contribution in [1.29, 1.82) is 0 Å². The monoisotopic (exact) mass is 378 g/mol.